The number of benzene rings is 1. The molecule has 146 valence electrons. The van der Waals surface area contributed by atoms with Crippen LogP contribution >= 0.6 is 11.3 Å². The summed E-state index contributed by atoms with van der Waals surface area (Å²) < 4.78 is 0. The number of hydrogen-bond acceptors (Lipinski definition) is 4. The summed E-state index contributed by atoms with van der Waals surface area (Å²) in [6, 6.07) is 11.2. The van der Waals surface area contributed by atoms with Gasteiger partial charge in [0, 0.05) is 31.9 Å². The van der Waals surface area contributed by atoms with Gasteiger partial charge in [-0.2, -0.15) is 0 Å². The van der Waals surface area contributed by atoms with Crippen LogP contribution in [0.5, 0.6) is 0 Å². The maximum Gasteiger partial charge on any atom is 0.191 e. The Bertz CT molecular complexity index is 706. The quantitative estimate of drug-likeness (QED) is 0.541. The van der Waals surface area contributed by atoms with Gasteiger partial charge in [-0.3, -0.25) is 9.89 Å². The van der Waals surface area contributed by atoms with Crippen molar-refractivity contribution >= 4 is 17.3 Å². The zero-order chi connectivity index (χ0) is 18.9. The van der Waals surface area contributed by atoms with Gasteiger partial charge in [0.1, 0.15) is 0 Å². The first-order valence-corrected chi connectivity index (χ1v) is 10.8. The number of rotatable bonds is 8. The first kappa shape index (κ1) is 19.8. The molecule has 1 unspecified atom stereocenters. The topological polar surface area (TPSA) is 52.6 Å². The van der Waals surface area contributed by atoms with Crippen LogP contribution in [0.2, 0.25) is 0 Å². The van der Waals surface area contributed by atoms with Crippen molar-refractivity contribution in [2.75, 3.05) is 33.2 Å². The van der Waals surface area contributed by atoms with Crippen LogP contribution in [0.25, 0.3) is 0 Å². The molecule has 1 aliphatic rings. The Labute approximate surface area is 166 Å². The molecule has 0 spiro atoms. The van der Waals surface area contributed by atoms with Gasteiger partial charge in [0.25, 0.3) is 0 Å². The van der Waals surface area contributed by atoms with Crippen LogP contribution in [-0.4, -0.2) is 49.1 Å². The monoisotopic (exact) mass is 385 g/mol. The Morgan fingerprint density at radius 1 is 1.22 bits per heavy atom. The Morgan fingerprint density at radius 2 is 2.00 bits per heavy atom. The molecule has 2 N–H and O–H groups in total. The minimum absolute atomic E-state index is 0.387. The molecule has 6 heteroatoms. The van der Waals surface area contributed by atoms with Crippen LogP contribution in [0.15, 0.2) is 40.7 Å². The van der Waals surface area contributed by atoms with E-state index in [9.17, 15) is 0 Å². The maximum atomic E-state index is 4.63. The molecule has 5 nitrogen and oxygen atoms in total. The second-order valence-electron chi connectivity index (χ2n) is 6.89. The molecule has 0 radical (unpaired) electrons. The van der Waals surface area contributed by atoms with Crippen molar-refractivity contribution in [3.8, 4) is 0 Å². The molecule has 2 aromatic rings. The minimum Gasteiger partial charge on any atom is -0.356 e. The molecule has 0 bridgehead atoms. The lowest BCUT2D eigenvalue weighted by Gasteiger charge is -2.29. The zero-order valence-corrected chi connectivity index (χ0v) is 17.3. The normalized spacial score (nSPS) is 16.4. The second kappa shape index (κ2) is 10.4. The summed E-state index contributed by atoms with van der Waals surface area (Å²) in [5.41, 5.74) is 2.54. The van der Waals surface area contributed by atoms with E-state index in [-0.39, 0.29) is 0 Å². The number of aliphatic imine (C=N–C) groups is 1. The molecule has 27 heavy (non-hydrogen) atoms. The van der Waals surface area contributed by atoms with E-state index in [1.165, 1.54) is 42.2 Å². The van der Waals surface area contributed by atoms with Gasteiger partial charge in [0.05, 0.1) is 16.7 Å². The fourth-order valence-electron chi connectivity index (χ4n) is 3.54. The van der Waals surface area contributed by atoms with E-state index in [4.69, 9.17) is 0 Å². The van der Waals surface area contributed by atoms with Crippen LogP contribution in [-0.2, 0) is 12.8 Å². The smallest absolute Gasteiger partial charge is 0.191 e. The zero-order valence-electron chi connectivity index (χ0n) is 16.4. The molecule has 0 amide bonds. The Morgan fingerprint density at radius 3 is 2.67 bits per heavy atom. The van der Waals surface area contributed by atoms with Gasteiger partial charge in [0.2, 0.25) is 0 Å². The van der Waals surface area contributed by atoms with E-state index in [0.29, 0.717) is 6.04 Å². The predicted molar refractivity (Wildman–Crippen MR) is 115 cm³/mol. The van der Waals surface area contributed by atoms with Crippen molar-refractivity contribution in [1.82, 2.24) is 20.5 Å². The lowest BCUT2D eigenvalue weighted by molar-refractivity contribution is 0.245. The molecule has 3 rings (SSSR count). The molecule has 1 saturated heterocycles. The summed E-state index contributed by atoms with van der Waals surface area (Å²) in [4.78, 5) is 11.6. The van der Waals surface area contributed by atoms with Gasteiger partial charge >= 0.3 is 0 Å². The van der Waals surface area contributed by atoms with Crippen LogP contribution < -0.4 is 10.6 Å². The largest absolute Gasteiger partial charge is 0.356 e. The first-order valence-electron chi connectivity index (χ1n) is 9.97. The van der Waals surface area contributed by atoms with E-state index in [1.54, 1.807) is 11.3 Å². The number of aryl methyl sites for hydroxylation is 1. The maximum absolute atomic E-state index is 4.63. The lowest BCUT2D eigenvalue weighted by atomic mass is 10.1. The number of nitrogens with zero attached hydrogens (tertiary/aromatic N) is 3. The highest BCUT2D eigenvalue weighted by Gasteiger charge is 2.23. The highest BCUT2D eigenvalue weighted by molar-refractivity contribution is 7.09. The summed E-state index contributed by atoms with van der Waals surface area (Å²) in [5, 5.41) is 10.3. The van der Waals surface area contributed by atoms with E-state index < -0.39 is 0 Å². The molecule has 1 atom stereocenters. The van der Waals surface area contributed by atoms with Crippen molar-refractivity contribution < 1.29 is 0 Å². The molecule has 2 heterocycles. The Hall–Kier alpha value is -1.92. The Balaban J connectivity index is 1.51. The molecule has 0 aliphatic carbocycles. The predicted octanol–water partition coefficient (Wildman–Crippen LogP) is 3.25. The molecular formula is C21H31N5S. The molecular weight excluding hydrogens is 354 g/mol. The number of guanidine groups is 1. The van der Waals surface area contributed by atoms with Gasteiger partial charge in [-0.05, 0) is 37.9 Å². The Kier molecular flexibility index (Phi) is 7.66. The van der Waals surface area contributed by atoms with Crippen molar-refractivity contribution in [3.05, 3.63) is 52.0 Å². The highest BCUT2D eigenvalue weighted by Crippen LogP contribution is 2.24. The minimum atomic E-state index is 0.387. The number of hydrogen-bond donors (Lipinski definition) is 2. The average Bonchev–Trinajstić information content (AvgIpc) is 3.40. The lowest BCUT2D eigenvalue weighted by Crippen LogP contribution is -2.43. The summed E-state index contributed by atoms with van der Waals surface area (Å²) in [6.45, 7) is 6.20. The first-order chi connectivity index (χ1) is 13.3. The van der Waals surface area contributed by atoms with Crippen LogP contribution in [0.4, 0.5) is 0 Å². The molecule has 1 aromatic heterocycles. The van der Waals surface area contributed by atoms with E-state index in [1.807, 2.05) is 7.05 Å². The summed E-state index contributed by atoms with van der Waals surface area (Å²) in [5.74, 6) is 0.862. The SMILES string of the molecule is CCc1nc(CCNC(=NC)NCC(c2ccccc2)N2CCCC2)cs1. The van der Waals surface area contributed by atoms with Crippen LogP contribution in [0.3, 0.4) is 0 Å². The number of nitrogens with one attached hydrogen (secondary N) is 2. The average molecular weight is 386 g/mol. The van der Waals surface area contributed by atoms with Gasteiger partial charge in [-0.1, -0.05) is 37.3 Å². The van der Waals surface area contributed by atoms with Crippen molar-refractivity contribution in [1.29, 1.82) is 0 Å². The van der Waals surface area contributed by atoms with Crippen molar-refractivity contribution in [2.45, 2.75) is 38.6 Å². The van der Waals surface area contributed by atoms with Gasteiger partial charge in [0.15, 0.2) is 5.96 Å². The fraction of sp³-hybridized carbons (Fsp3) is 0.524. The molecule has 1 aromatic carbocycles. The van der Waals surface area contributed by atoms with Crippen LogP contribution in [0.1, 0.15) is 42.1 Å². The molecule has 0 saturated carbocycles. The van der Waals surface area contributed by atoms with Gasteiger partial charge < -0.3 is 10.6 Å². The number of likely N-dealkylation sites (tertiary alicyclic amines) is 1. The third kappa shape index (κ3) is 5.78. The van der Waals surface area contributed by atoms with E-state index >= 15 is 0 Å². The fourth-order valence-corrected chi connectivity index (χ4v) is 4.31. The van der Waals surface area contributed by atoms with Crippen molar-refractivity contribution in [2.24, 2.45) is 4.99 Å². The number of aromatic nitrogens is 1. The second-order valence-corrected chi connectivity index (χ2v) is 7.83. The standard InChI is InChI=1S/C21H31N5S/c1-3-20-25-18(16-27-20)11-12-23-21(22-2)24-15-19(26-13-7-8-14-26)17-9-5-4-6-10-17/h4-6,9-10,16,19H,3,7-8,11-15H2,1-2H3,(H2,22,23,24). The highest BCUT2D eigenvalue weighted by atomic mass is 32.1. The van der Waals surface area contributed by atoms with Gasteiger partial charge in [-0.25, -0.2) is 4.98 Å². The van der Waals surface area contributed by atoms with E-state index in [2.05, 4.69) is 68.1 Å². The third-order valence-corrected chi connectivity index (χ3v) is 6.07. The summed E-state index contributed by atoms with van der Waals surface area (Å²) in [7, 11) is 1.83. The molecule has 1 fully saturated rings. The number of thiazole rings is 1. The summed E-state index contributed by atoms with van der Waals surface area (Å²) >= 11 is 1.75. The van der Waals surface area contributed by atoms with Crippen LogP contribution in [0, 0.1) is 0 Å². The van der Waals surface area contributed by atoms with Crippen molar-refractivity contribution in [3.63, 3.8) is 0 Å². The third-order valence-electron chi connectivity index (χ3n) is 5.03. The van der Waals surface area contributed by atoms with Gasteiger partial charge in [-0.15, -0.1) is 11.3 Å². The summed E-state index contributed by atoms with van der Waals surface area (Å²) in [6.07, 6.45) is 4.53. The molecule has 1 aliphatic heterocycles. The van der Waals surface area contributed by atoms with E-state index in [0.717, 1.165) is 31.9 Å².